The molecule has 85 heavy (non-hydrogen) atoms. The number of hydrogen-bond donors (Lipinski definition) is 0. The summed E-state index contributed by atoms with van der Waals surface area (Å²) >= 11 is 0. The lowest BCUT2D eigenvalue weighted by atomic mass is 9.34. The van der Waals surface area contributed by atoms with Crippen LogP contribution in [0.5, 0.6) is 0 Å². The molecule has 0 saturated heterocycles. The Kier molecular flexibility index (Phi) is 8.38. The minimum absolute atomic E-state index is 0.119. The Morgan fingerprint density at radius 2 is 0.647 bits per heavy atom. The number of rotatable bonds is 2. The molecule has 19 aromatic rings. The molecule has 0 N–H and O–H groups in total. The monoisotopic (exact) mass is 1070 g/mol. The molecule has 0 atom stereocenters. The van der Waals surface area contributed by atoms with Crippen molar-refractivity contribution in [3.8, 4) is 33.6 Å². The molecule has 0 radical (unpaired) electrons. The predicted molar refractivity (Wildman–Crippen MR) is 366 cm³/mol. The van der Waals surface area contributed by atoms with Gasteiger partial charge in [-0.15, -0.1) is 0 Å². The fourth-order valence-corrected chi connectivity index (χ4v) is 16.9. The first-order valence-corrected chi connectivity index (χ1v) is 29.9. The molecule has 0 aliphatic carbocycles. The first kappa shape index (κ1) is 44.6. The van der Waals surface area contributed by atoms with Crippen LogP contribution in [0.4, 0.5) is 0 Å². The van der Waals surface area contributed by atoms with Crippen molar-refractivity contribution in [2.24, 2.45) is 0 Å². The number of benzene rings is 17. The maximum atomic E-state index is 2.74. The van der Waals surface area contributed by atoms with Crippen molar-refractivity contribution in [3.63, 3.8) is 0 Å². The molecule has 3 heteroatoms. The smallest absolute Gasteiger partial charge is 0.252 e. The number of hydrogen-bond acceptors (Lipinski definition) is 0. The summed E-state index contributed by atoms with van der Waals surface area (Å²) in [6, 6.07) is 105. The second-order valence-corrected chi connectivity index (χ2v) is 24.1. The highest BCUT2D eigenvalue weighted by Gasteiger charge is 2.42. The van der Waals surface area contributed by atoms with E-state index in [4.69, 9.17) is 0 Å². The molecule has 0 bridgehead atoms. The summed E-state index contributed by atoms with van der Waals surface area (Å²) in [4.78, 5) is 0. The average molecular weight is 1070 g/mol. The van der Waals surface area contributed by atoms with Gasteiger partial charge >= 0.3 is 0 Å². The number of aromatic nitrogens is 2. The van der Waals surface area contributed by atoms with E-state index >= 15 is 0 Å². The highest BCUT2D eigenvalue weighted by Crippen LogP contribution is 2.50. The first-order chi connectivity index (χ1) is 42.2. The molecule has 17 aromatic carbocycles. The summed E-state index contributed by atoms with van der Waals surface area (Å²) in [6.45, 7) is -0.119. The van der Waals surface area contributed by atoms with Crippen LogP contribution in [-0.2, 0) is 0 Å². The molecule has 0 fully saturated rings. The maximum absolute atomic E-state index is 2.74. The minimum atomic E-state index is -0.119. The van der Waals surface area contributed by atoms with Crippen LogP contribution in [-0.4, -0.2) is 15.8 Å². The van der Waals surface area contributed by atoms with Gasteiger partial charge in [0.15, 0.2) is 0 Å². The molecule has 21 rings (SSSR count). The highest BCUT2D eigenvalue weighted by atomic mass is 15.0. The van der Waals surface area contributed by atoms with Crippen LogP contribution >= 0.6 is 0 Å². The second kappa shape index (κ2) is 16.0. The van der Waals surface area contributed by atoms with Gasteiger partial charge in [0.05, 0.1) is 16.6 Å². The maximum Gasteiger partial charge on any atom is 0.252 e. The van der Waals surface area contributed by atoms with Gasteiger partial charge in [0.25, 0.3) is 6.71 Å². The zero-order valence-corrected chi connectivity index (χ0v) is 46.0. The van der Waals surface area contributed by atoms with Gasteiger partial charge < -0.3 is 9.13 Å². The van der Waals surface area contributed by atoms with Crippen LogP contribution in [0.3, 0.4) is 0 Å². The third-order valence-electron chi connectivity index (χ3n) is 20.1. The van der Waals surface area contributed by atoms with Crippen LogP contribution in [0.1, 0.15) is 0 Å². The van der Waals surface area contributed by atoms with Crippen LogP contribution in [0.25, 0.3) is 185 Å². The molecule has 4 heterocycles. The standard InChI is InChI=1S/C82H45BN2/c1-5-22-52-46(18-1)40-47-19-2-6-23-53(47)74(52)50-36-39-71-66(42-50)68-43-51(75-54-24-7-3-20-48(54)41-49-21-4-8-25-55(49)75)44-69-80(68)84(71)72-34-17-35-73-79(72)83(69)70-45-67-61-31-12-10-27-57(61)58-28-13-15-32-62(58)76(67)78-65-38-37-64-60-30-11-9-26-56(60)59-29-14-16-33-63(59)77(64)81(65)85(73)82(70)78/h1-45H. The summed E-state index contributed by atoms with van der Waals surface area (Å²) in [6.07, 6.45) is 0. The van der Waals surface area contributed by atoms with E-state index in [1.165, 1.54) is 201 Å². The molecule has 2 aliphatic rings. The number of nitrogens with zero attached hydrogens (tertiary/aromatic N) is 2. The third-order valence-corrected chi connectivity index (χ3v) is 20.1. The van der Waals surface area contributed by atoms with Crippen LogP contribution in [0, 0.1) is 0 Å². The largest absolute Gasteiger partial charge is 0.310 e. The van der Waals surface area contributed by atoms with Crippen molar-refractivity contribution in [1.82, 2.24) is 9.13 Å². The molecular weight excluding hydrogens is 1020 g/mol. The lowest BCUT2D eigenvalue weighted by Crippen LogP contribution is -2.59. The summed E-state index contributed by atoms with van der Waals surface area (Å²) < 4.78 is 5.39. The van der Waals surface area contributed by atoms with Gasteiger partial charge in [-0.1, -0.05) is 231 Å². The zero-order valence-electron chi connectivity index (χ0n) is 46.0. The SMILES string of the molecule is c1cc2c3c(c1)-n1c4c(cc5c6ccccc6c6ccccc6c5c4c4ccc5c6ccccc6c6ccccc6c5c41)B3c1cc(-c3c4ccccc4cc4ccccc34)cc3c4cc(-c5c6ccccc6cc6ccccc56)ccc4n-2c13. The van der Waals surface area contributed by atoms with E-state index < -0.39 is 0 Å². The topological polar surface area (TPSA) is 9.86 Å². The van der Waals surface area contributed by atoms with Crippen molar-refractivity contribution < 1.29 is 0 Å². The fourth-order valence-electron chi connectivity index (χ4n) is 16.9. The van der Waals surface area contributed by atoms with Gasteiger partial charge in [-0.2, -0.15) is 0 Å². The molecule has 0 saturated carbocycles. The van der Waals surface area contributed by atoms with Crippen molar-refractivity contribution in [2.45, 2.75) is 0 Å². The Bertz CT molecular complexity index is 6210. The quantitative estimate of drug-likeness (QED) is 0.0928. The van der Waals surface area contributed by atoms with Gasteiger partial charge in [-0.25, -0.2) is 0 Å². The fraction of sp³-hybridized carbons (Fsp3) is 0. The third kappa shape index (κ3) is 5.57. The van der Waals surface area contributed by atoms with Gasteiger partial charge in [0, 0.05) is 49.2 Å². The van der Waals surface area contributed by atoms with E-state index in [9.17, 15) is 0 Å². The van der Waals surface area contributed by atoms with Gasteiger partial charge in [0.1, 0.15) is 0 Å². The zero-order chi connectivity index (χ0) is 54.9. The van der Waals surface area contributed by atoms with Crippen molar-refractivity contribution in [1.29, 1.82) is 0 Å². The lowest BCUT2D eigenvalue weighted by molar-refractivity contribution is 1.15. The number of fused-ring (bicyclic) bond motifs is 28. The Morgan fingerprint density at radius 3 is 1.21 bits per heavy atom. The molecule has 0 amide bonds. The van der Waals surface area contributed by atoms with E-state index in [-0.39, 0.29) is 6.71 Å². The minimum Gasteiger partial charge on any atom is -0.310 e. The molecule has 2 aliphatic heterocycles. The van der Waals surface area contributed by atoms with Gasteiger partial charge in [0.2, 0.25) is 0 Å². The molecule has 0 spiro atoms. The van der Waals surface area contributed by atoms with Crippen molar-refractivity contribution in [3.05, 3.63) is 273 Å². The Morgan fingerprint density at radius 1 is 0.224 bits per heavy atom. The molecule has 386 valence electrons. The molecule has 0 unspecified atom stereocenters. The van der Waals surface area contributed by atoms with Crippen LogP contribution in [0.15, 0.2) is 273 Å². The molecule has 2 aromatic heterocycles. The van der Waals surface area contributed by atoms with Crippen molar-refractivity contribution in [2.75, 3.05) is 0 Å². The van der Waals surface area contributed by atoms with Gasteiger partial charge in [-0.3, -0.25) is 0 Å². The summed E-state index contributed by atoms with van der Waals surface area (Å²) in [5, 5.41) is 30.6. The highest BCUT2D eigenvalue weighted by molar-refractivity contribution is 7.00. The van der Waals surface area contributed by atoms with Gasteiger partial charge in [-0.05, 0) is 178 Å². The Hall–Kier alpha value is -11.0. The predicted octanol–water partition coefficient (Wildman–Crippen LogP) is 19.9. The average Bonchev–Trinajstić information content (AvgIpc) is 1.59. The van der Waals surface area contributed by atoms with E-state index in [2.05, 4.69) is 282 Å². The summed E-state index contributed by atoms with van der Waals surface area (Å²) in [5.74, 6) is 0. The Balaban J connectivity index is 0.988. The first-order valence-electron chi connectivity index (χ1n) is 29.9. The normalized spacial score (nSPS) is 12.9. The Labute approximate surface area is 487 Å². The second-order valence-electron chi connectivity index (χ2n) is 24.1. The summed E-state index contributed by atoms with van der Waals surface area (Å²) in [5.41, 5.74) is 16.6. The van der Waals surface area contributed by atoms with E-state index in [0.717, 1.165) is 0 Å². The van der Waals surface area contributed by atoms with E-state index in [0.29, 0.717) is 0 Å². The molecule has 2 nitrogen and oxygen atoms in total. The summed E-state index contributed by atoms with van der Waals surface area (Å²) in [7, 11) is 0. The van der Waals surface area contributed by atoms with E-state index in [1.807, 2.05) is 0 Å². The van der Waals surface area contributed by atoms with Crippen LogP contribution in [0.2, 0.25) is 0 Å². The lowest BCUT2D eigenvalue weighted by Gasteiger charge is -2.34. The molecular formula is C82H45BN2. The van der Waals surface area contributed by atoms with Crippen LogP contribution < -0.4 is 16.4 Å². The van der Waals surface area contributed by atoms with E-state index in [1.54, 1.807) is 0 Å². The van der Waals surface area contributed by atoms with Crippen molar-refractivity contribution >= 4 is 174 Å².